The molecular formula is C20H25BF4O3. The fourth-order valence-corrected chi connectivity index (χ4v) is 2.71. The second kappa shape index (κ2) is 8.39. The lowest BCUT2D eigenvalue weighted by Crippen LogP contribution is -2.41. The van der Waals surface area contributed by atoms with Gasteiger partial charge in [0.25, 0.3) is 0 Å². The molecular weight excluding hydrogens is 375 g/mol. The fourth-order valence-electron chi connectivity index (χ4n) is 2.71. The van der Waals surface area contributed by atoms with E-state index < -0.39 is 35.8 Å². The van der Waals surface area contributed by atoms with Crippen LogP contribution in [0.2, 0.25) is 0 Å². The van der Waals surface area contributed by atoms with Gasteiger partial charge in [0.15, 0.2) is 0 Å². The van der Waals surface area contributed by atoms with Gasteiger partial charge in [-0.3, -0.25) is 0 Å². The molecule has 0 saturated carbocycles. The second-order valence-corrected chi connectivity index (χ2v) is 7.61. The summed E-state index contributed by atoms with van der Waals surface area (Å²) < 4.78 is 71.4. The van der Waals surface area contributed by atoms with Crippen molar-refractivity contribution in [3.63, 3.8) is 0 Å². The largest absolute Gasteiger partial charge is 0.525 e. The Morgan fingerprint density at radius 3 is 2.32 bits per heavy atom. The number of alkyl halides is 3. The number of rotatable bonds is 7. The molecule has 0 aliphatic carbocycles. The Bertz CT molecular complexity index is 725. The minimum Gasteiger partial charge on any atom is -0.398 e. The van der Waals surface area contributed by atoms with Crippen LogP contribution in [0.3, 0.4) is 0 Å². The molecule has 0 unspecified atom stereocenters. The maximum Gasteiger partial charge on any atom is 0.525 e. The Morgan fingerprint density at radius 1 is 1.18 bits per heavy atom. The molecule has 1 aromatic rings. The van der Waals surface area contributed by atoms with E-state index in [1.165, 1.54) is 18.2 Å². The molecule has 0 N–H and O–H groups in total. The zero-order valence-corrected chi connectivity index (χ0v) is 16.5. The van der Waals surface area contributed by atoms with E-state index in [1.807, 2.05) is 0 Å². The highest BCUT2D eigenvalue weighted by Gasteiger charge is 2.53. The molecule has 0 radical (unpaired) electrons. The maximum absolute atomic E-state index is 15.4. The Labute approximate surface area is 163 Å². The number of halogens is 4. The molecule has 1 saturated heterocycles. The molecule has 154 valence electrons. The monoisotopic (exact) mass is 400 g/mol. The third-order valence-corrected chi connectivity index (χ3v) is 5.02. The molecule has 1 heterocycles. The lowest BCUT2D eigenvalue weighted by Gasteiger charge is -2.32. The van der Waals surface area contributed by atoms with Crippen molar-refractivity contribution in [1.82, 2.24) is 0 Å². The summed E-state index contributed by atoms with van der Waals surface area (Å²) in [5.41, 5.74) is -2.96. The summed E-state index contributed by atoms with van der Waals surface area (Å²) in [5.74, 6) is 0. The molecule has 1 aliphatic heterocycles. The van der Waals surface area contributed by atoms with Crippen molar-refractivity contribution >= 4 is 12.7 Å². The van der Waals surface area contributed by atoms with Gasteiger partial charge in [-0.05, 0) is 57.4 Å². The Morgan fingerprint density at radius 2 is 1.79 bits per heavy atom. The average molecular weight is 400 g/mol. The van der Waals surface area contributed by atoms with Gasteiger partial charge in [-0.15, -0.1) is 6.58 Å². The van der Waals surface area contributed by atoms with Crippen LogP contribution in [-0.2, 0) is 20.2 Å². The Balaban J connectivity index is 2.42. The fraction of sp³-hybridized carbons (Fsp3) is 0.500. The van der Waals surface area contributed by atoms with E-state index in [1.54, 1.807) is 27.7 Å². The first-order valence-electron chi connectivity index (χ1n) is 8.99. The molecule has 1 fully saturated rings. The first-order valence-corrected chi connectivity index (χ1v) is 8.99. The Kier molecular flexibility index (Phi) is 6.79. The van der Waals surface area contributed by atoms with Crippen LogP contribution in [0.4, 0.5) is 17.6 Å². The third kappa shape index (κ3) is 5.04. The smallest absolute Gasteiger partial charge is 0.398 e. The van der Waals surface area contributed by atoms with Crippen LogP contribution >= 0.6 is 0 Å². The summed E-state index contributed by atoms with van der Waals surface area (Å²) >= 11 is 0. The molecule has 2 rings (SSSR count). The second-order valence-electron chi connectivity index (χ2n) is 7.61. The lowest BCUT2D eigenvalue weighted by molar-refractivity contribution is -0.137. The van der Waals surface area contributed by atoms with Crippen molar-refractivity contribution in [1.29, 1.82) is 0 Å². The highest BCUT2D eigenvalue weighted by molar-refractivity contribution is 6.55. The normalized spacial score (nSPS) is 19.5. The minimum absolute atomic E-state index is 0.0606. The van der Waals surface area contributed by atoms with Gasteiger partial charge in [0.05, 0.1) is 30.0 Å². The van der Waals surface area contributed by atoms with Gasteiger partial charge < -0.3 is 14.0 Å². The van der Waals surface area contributed by atoms with Crippen molar-refractivity contribution in [3.8, 4) is 0 Å². The van der Waals surface area contributed by atoms with Crippen LogP contribution in [0.1, 0.15) is 45.2 Å². The van der Waals surface area contributed by atoms with Crippen molar-refractivity contribution < 1.29 is 31.6 Å². The van der Waals surface area contributed by atoms with Crippen LogP contribution in [0.5, 0.6) is 0 Å². The predicted molar refractivity (Wildman–Crippen MR) is 101 cm³/mol. The summed E-state index contributed by atoms with van der Waals surface area (Å²) in [6, 6.07) is 4.55. The van der Waals surface area contributed by atoms with Crippen LogP contribution < -0.4 is 0 Å². The topological polar surface area (TPSA) is 27.7 Å². The molecule has 1 aliphatic rings. The average Bonchev–Trinajstić information content (AvgIpc) is 2.81. The summed E-state index contributed by atoms with van der Waals surface area (Å²) in [7, 11) is -1.30. The highest BCUT2D eigenvalue weighted by Crippen LogP contribution is 2.41. The van der Waals surface area contributed by atoms with Gasteiger partial charge >= 0.3 is 13.3 Å². The van der Waals surface area contributed by atoms with Crippen LogP contribution in [0.15, 0.2) is 42.6 Å². The standard InChI is InChI=1S/C20H25BF4O3/c1-6-11-26-12-10-16(14-8-7-9-15(13-14)20(23,24)25)17(22)21-27-18(2,3)19(4,5)28-21/h6-9,13H,1,10-12H2,2-5H3. The third-order valence-electron chi connectivity index (χ3n) is 5.02. The minimum atomic E-state index is -4.53. The Hall–Kier alpha value is -1.64. The van der Waals surface area contributed by atoms with E-state index in [0.29, 0.717) is 0 Å². The first kappa shape index (κ1) is 22.7. The first-order chi connectivity index (χ1) is 12.9. The predicted octanol–water partition coefficient (Wildman–Crippen LogP) is 5.61. The SMILES string of the molecule is C=CCOCCC(=C(F)B1OC(C)(C)C(C)(C)O1)c1cccc(C(F)(F)F)c1. The van der Waals surface area contributed by atoms with Gasteiger partial charge in [-0.25, -0.2) is 4.39 Å². The molecule has 0 aromatic heterocycles. The van der Waals surface area contributed by atoms with Crippen LogP contribution in [-0.4, -0.2) is 31.5 Å². The van der Waals surface area contributed by atoms with Crippen molar-refractivity contribution in [2.24, 2.45) is 0 Å². The lowest BCUT2D eigenvalue weighted by atomic mass is 9.81. The summed E-state index contributed by atoms with van der Waals surface area (Å²) in [6.45, 7) is 11.0. The van der Waals surface area contributed by atoms with Gasteiger partial charge in [0, 0.05) is 0 Å². The summed E-state index contributed by atoms with van der Waals surface area (Å²) in [4.78, 5) is 0. The molecule has 3 nitrogen and oxygen atoms in total. The van der Waals surface area contributed by atoms with Gasteiger partial charge in [0.1, 0.15) is 5.73 Å². The van der Waals surface area contributed by atoms with Crippen LogP contribution in [0.25, 0.3) is 5.57 Å². The van der Waals surface area contributed by atoms with E-state index in [4.69, 9.17) is 14.0 Å². The maximum atomic E-state index is 15.4. The quantitative estimate of drug-likeness (QED) is 0.258. The molecule has 28 heavy (non-hydrogen) atoms. The van der Waals surface area contributed by atoms with E-state index in [2.05, 4.69) is 6.58 Å². The molecule has 0 spiro atoms. The molecule has 0 amide bonds. The van der Waals surface area contributed by atoms with Gasteiger partial charge in [0.2, 0.25) is 0 Å². The number of ether oxygens (including phenoxy) is 1. The number of hydrogen-bond acceptors (Lipinski definition) is 3. The molecule has 1 aromatic carbocycles. The zero-order chi connectivity index (χ0) is 21.2. The van der Waals surface area contributed by atoms with E-state index >= 15 is 4.39 Å². The number of hydrogen-bond donors (Lipinski definition) is 0. The number of benzene rings is 1. The molecule has 0 atom stereocenters. The van der Waals surface area contributed by atoms with E-state index in [9.17, 15) is 13.2 Å². The van der Waals surface area contributed by atoms with Crippen molar-refractivity contribution in [2.75, 3.05) is 13.2 Å². The van der Waals surface area contributed by atoms with E-state index in [0.717, 1.165) is 12.1 Å². The molecule has 0 bridgehead atoms. The summed E-state index contributed by atoms with van der Waals surface area (Å²) in [6.07, 6.45) is -2.93. The van der Waals surface area contributed by atoms with Crippen molar-refractivity contribution in [2.45, 2.75) is 51.5 Å². The van der Waals surface area contributed by atoms with Gasteiger partial charge in [-0.1, -0.05) is 18.2 Å². The van der Waals surface area contributed by atoms with Crippen molar-refractivity contribution in [3.05, 3.63) is 53.8 Å². The van der Waals surface area contributed by atoms with E-state index in [-0.39, 0.29) is 30.8 Å². The van der Waals surface area contributed by atoms with Crippen LogP contribution in [0, 0.1) is 0 Å². The van der Waals surface area contributed by atoms with Gasteiger partial charge in [-0.2, -0.15) is 13.2 Å². The highest BCUT2D eigenvalue weighted by atomic mass is 19.4. The zero-order valence-electron chi connectivity index (χ0n) is 16.5. The summed E-state index contributed by atoms with van der Waals surface area (Å²) in [5, 5.41) is 0. The molecule has 8 heteroatoms.